The Hall–Kier alpha value is -3.21. The van der Waals surface area contributed by atoms with Crippen LogP contribution < -0.4 is 11.3 Å². The zero-order valence-electron chi connectivity index (χ0n) is 15.3. The molecule has 0 atom stereocenters. The largest absolute Gasteiger partial charge is 0.384 e. The molecular formula is C22H21FN2O2. The van der Waals surface area contributed by atoms with Gasteiger partial charge in [-0.25, -0.2) is 4.39 Å². The Morgan fingerprint density at radius 1 is 0.963 bits per heavy atom. The van der Waals surface area contributed by atoms with Crippen LogP contribution in [0.1, 0.15) is 40.9 Å². The SMILES string of the molecule is CCc1cccc(CC)c1-n1c(N)c(C(=O)c2ccc(F)cc2)ccc1=O. The third-order valence-electron chi connectivity index (χ3n) is 4.67. The van der Waals surface area contributed by atoms with Crippen molar-refractivity contribution in [2.24, 2.45) is 0 Å². The summed E-state index contributed by atoms with van der Waals surface area (Å²) in [6, 6.07) is 13.9. The molecule has 3 rings (SSSR count). The molecule has 0 unspecified atom stereocenters. The minimum Gasteiger partial charge on any atom is -0.384 e. The van der Waals surface area contributed by atoms with Crippen LogP contribution in [-0.4, -0.2) is 10.4 Å². The van der Waals surface area contributed by atoms with Gasteiger partial charge in [0.2, 0.25) is 0 Å². The van der Waals surface area contributed by atoms with Crippen LogP contribution in [0.2, 0.25) is 0 Å². The average molecular weight is 364 g/mol. The minimum atomic E-state index is -0.422. The van der Waals surface area contributed by atoms with Gasteiger partial charge in [0.05, 0.1) is 11.3 Å². The second-order valence-corrected chi connectivity index (χ2v) is 6.27. The molecule has 0 aliphatic carbocycles. The highest BCUT2D eigenvalue weighted by Gasteiger charge is 2.19. The third kappa shape index (κ3) is 3.40. The summed E-state index contributed by atoms with van der Waals surface area (Å²) in [4.78, 5) is 25.5. The Kier molecular flexibility index (Phi) is 5.21. The number of ketones is 1. The molecule has 0 spiro atoms. The van der Waals surface area contributed by atoms with Crippen molar-refractivity contribution < 1.29 is 9.18 Å². The van der Waals surface area contributed by atoms with Crippen LogP contribution in [0.3, 0.4) is 0 Å². The Morgan fingerprint density at radius 2 is 1.56 bits per heavy atom. The minimum absolute atomic E-state index is 0.0902. The van der Waals surface area contributed by atoms with Gasteiger partial charge in [0.15, 0.2) is 5.78 Å². The van der Waals surface area contributed by atoms with Crippen molar-refractivity contribution >= 4 is 11.6 Å². The van der Waals surface area contributed by atoms with Gasteiger partial charge in [0.25, 0.3) is 5.56 Å². The fourth-order valence-electron chi connectivity index (χ4n) is 3.24. The van der Waals surface area contributed by atoms with Crippen LogP contribution in [0.4, 0.5) is 10.2 Å². The summed E-state index contributed by atoms with van der Waals surface area (Å²) in [5.74, 6) is -0.686. The number of hydrogen-bond donors (Lipinski definition) is 1. The average Bonchev–Trinajstić information content (AvgIpc) is 2.68. The van der Waals surface area contributed by atoms with E-state index in [9.17, 15) is 14.0 Å². The van der Waals surface area contributed by atoms with Crippen molar-refractivity contribution in [3.8, 4) is 5.69 Å². The summed E-state index contributed by atoms with van der Waals surface area (Å²) in [5.41, 5.74) is 9.23. The smallest absolute Gasteiger partial charge is 0.256 e. The molecule has 0 radical (unpaired) electrons. The van der Waals surface area contributed by atoms with Gasteiger partial charge in [0, 0.05) is 11.6 Å². The van der Waals surface area contributed by atoms with Crippen molar-refractivity contribution in [2.75, 3.05) is 5.73 Å². The lowest BCUT2D eigenvalue weighted by Gasteiger charge is -2.19. The third-order valence-corrected chi connectivity index (χ3v) is 4.67. The summed E-state index contributed by atoms with van der Waals surface area (Å²) < 4.78 is 14.6. The molecule has 0 bridgehead atoms. The zero-order chi connectivity index (χ0) is 19.6. The van der Waals surface area contributed by atoms with Crippen LogP contribution in [0.25, 0.3) is 5.69 Å². The number of aromatic nitrogens is 1. The maximum atomic E-state index is 13.2. The number of carbonyl (C=O) groups is 1. The van der Waals surface area contributed by atoms with Crippen molar-refractivity contribution in [1.29, 1.82) is 0 Å². The molecule has 0 saturated carbocycles. The Balaban J connectivity index is 2.23. The molecule has 0 aliphatic rings. The Labute approximate surface area is 157 Å². The van der Waals surface area contributed by atoms with E-state index in [4.69, 9.17) is 5.73 Å². The van der Waals surface area contributed by atoms with Crippen LogP contribution in [0.15, 0.2) is 59.4 Å². The van der Waals surface area contributed by atoms with E-state index in [1.54, 1.807) is 0 Å². The number of para-hydroxylation sites is 1. The highest BCUT2D eigenvalue weighted by atomic mass is 19.1. The Morgan fingerprint density at radius 3 is 2.11 bits per heavy atom. The topological polar surface area (TPSA) is 65.1 Å². The lowest BCUT2D eigenvalue weighted by atomic mass is 10.0. The normalized spacial score (nSPS) is 10.8. The first kappa shape index (κ1) is 18.6. The number of rotatable bonds is 5. The van der Waals surface area contributed by atoms with E-state index >= 15 is 0 Å². The Bertz CT molecular complexity index is 1030. The second-order valence-electron chi connectivity index (χ2n) is 6.27. The number of nitrogens with zero attached hydrogens (tertiary/aromatic N) is 1. The predicted octanol–water partition coefficient (Wildman–Crippen LogP) is 3.91. The van der Waals surface area contributed by atoms with E-state index in [-0.39, 0.29) is 22.7 Å². The molecule has 4 nitrogen and oxygen atoms in total. The highest BCUT2D eigenvalue weighted by molar-refractivity contribution is 6.11. The van der Waals surface area contributed by atoms with Crippen LogP contribution in [-0.2, 0) is 12.8 Å². The zero-order valence-corrected chi connectivity index (χ0v) is 15.3. The summed E-state index contributed by atoms with van der Waals surface area (Å²) in [5, 5.41) is 0. The first-order valence-electron chi connectivity index (χ1n) is 8.90. The van der Waals surface area contributed by atoms with Crippen molar-refractivity contribution in [1.82, 2.24) is 4.57 Å². The molecule has 1 heterocycles. The lowest BCUT2D eigenvalue weighted by Crippen LogP contribution is -2.25. The van der Waals surface area contributed by atoms with E-state index in [0.29, 0.717) is 5.56 Å². The van der Waals surface area contributed by atoms with Crippen LogP contribution in [0.5, 0.6) is 0 Å². The number of carbonyl (C=O) groups excluding carboxylic acids is 1. The summed E-state index contributed by atoms with van der Waals surface area (Å²) in [7, 11) is 0. The van der Waals surface area contributed by atoms with Gasteiger partial charge in [-0.05, 0) is 54.3 Å². The number of halogens is 1. The van der Waals surface area contributed by atoms with Gasteiger partial charge in [0.1, 0.15) is 11.6 Å². The molecule has 2 N–H and O–H groups in total. The van der Waals surface area contributed by atoms with Gasteiger partial charge in [-0.2, -0.15) is 0 Å². The molecule has 27 heavy (non-hydrogen) atoms. The van der Waals surface area contributed by atoms with Gasteiger partial charge < -0.3 is 5.73 Å². The van der Waals surface area contributed by atoms with Crippen molar-refractivity contribution in [3.63, 3.8) is 0 Å². The van der Waals surface area contributed by atoms with Gasteiger partial charge in [-0.3, -0.25) is 14.2 Å². The van der Waals surface area contributed by atoms with Crippen molar-refractivity contribution in [3.05, 3.63) is 93.0 Å². The quantitative estimate of drug-likeness (QED) is 0.698. The molecule has 2 aromatic carbocycles. The maximum absolute atomic E-state index is 13.2. The number of hydrogen-bond acceptors (Lipinski definition) is 3. The van der Waals surface area contributed by atoms with Gasteiger partial charge in [-0.15, -0.1) is 0 Å². The number of pyridine rings is 1. The first-order chi connectivity index (χ1) is 13.0. The molecule has 1 aromatic heterocycles. The maximum Gasteiger partial charge on any atom is 0.256 e. The lowest BCUT2D eigenvalue weighted by molar-refractivity contribution is 0.103. The number of benzene rings is 2. The molecule has 0 fully saturated rings. The molecule has 138 valence electrons. The van der Waals surface area contributed by atoms with E-state index in [1.807, 2.05) is 32.0 Å². The summed E-state index contributed by atoms with van der Waals surface area (Å²) >= 11 is 0. The first-order valence-corrected chi connectivity index (χ1v) is 8.90. The van der Waals surface area contributed by atoms with Crippen molar-refractivity contribution in [2.45, 2.75) is 26.7 Å². The molecule has 3 aromatic rings. The molecule has 0 aliphatic heterocycles. The summed E-state index contributed by atoms with van der Waals surface area (Å²) in [6.45, 7) is 4.01. The molecule has 5 heteroatoms. The predicted molar refractivity (Wildman–Crippen MR) is 105 cm³/mol. The van der Waals surface area contributed by atoms with E-state index in [0.717, 1.165) is 29.7 Å². The number of nitrogens with two attached hydrogens (primary N) is 1. The van der Waals surface area contributed by atoms with Gasteiger partial charge >= 0.3 is 0 Å². The molecule has 0 amide bonds. The van der Waals surface area contributed by atoms with E-state index < -0.39 is 5.82 Å². The second kappa shape index (κ2) is 7.58. The number of aryl methyl sites for hydroxylation is 2. The van der Waals surface area contributed by atoms with E-state index in [2.05, 4.69) is 0 Å². The molecular weight excluding hydrogens is 343 g/mol. The highest BCUT2D eigenvalue weighted by Crippen LogP contribution is 2.25. The van der Waals surface area contributed by atoms with Gasteiger partial charge in [-0.1, -0.05) is 32.0 Å². The standard InChI is InChI=1S/C22H21FN2O2/c1-3-14-6-5-7-15(4-2)20(14)25-19(26)13-12-18(22(25)24)21(27)16-8-10-17(23)11-9-16/h5-13H,3-4,24H2,1-2H3. The fraction of sp³-hybridized carbons (Fsp3) is 0.182. The van der Waals surface area contributed by atoms with Crippen LogP contribution in [0, 0.1) is 5.82 Å². The fourth-order valence-corrected chi connectivity index (χ4v) is 3.24. The van der Waals surface area contributed by atoms with E-state index in [1.165, 1.54) is 41.0 Å². The monoisotopic (exact) mass is 364 g/mol. The summed E-state index contributed by atoms with van der Waals surface area (Å²) in [6.07, 6.45) is 1.45. The van der Waals surface area contributed by atoms with Crippen LogP contribution >= 0.6 is 0 Å². The number of nitrogen functional groups attached to an aromatic ring is 1. The molecule has 0 saturated heterocycles. The number of anilines is 1.